The van der Waals surface area contributed by atoms with Crippen molar-refractivity contribution in [3.05, 3.63) is 59.2 Å². The molecule has 3 nitrogen and oxygen atoms in total. The molecule has 0 aliphatic heterocycles. The average Bonchev–Trinajstić information content (AvgIpc) is 2.60. The zero-order chi connectivity index (χ0) is 17.6. The van der Waals surface area contributed by atoms with Crippen molar-refractivity contribution in [2.75, 3.05) is 4.72 Å². The van der Waals surface area contributed by atoms with Gasteiger partial charge in [0.05, 0.1) is 10.6 Å². The summed E-state index contributed by atoms with van der Waals surface area (Å²) in [7, 11) is -3.57. The molecule has 0 fully saturated rings. The molecule has 130 valence electrons. The van der Waals surface area contributed by atoms with Crippen molar-refractivity contribution in [1.82, 2.24) is 0 Å². The van der Waals surface area contributed by atoms with Gasteiger partial charge in [0.1, 0.15) is 0 Å². The van der Waals surface area contributed by atoms with E-state index in [1.165, 1.54) is 5.56 Å². The van der Waals surface area contributed by atoms with E-state index in [1.807, 2.05) is 44.2 Å². The van der Waals surface area contributed by atoms with Crippen molar-refractivity contribution in [3.63, 3.8) is 0 Å². The van der Waals surface area contributed by atoms with Gasteiger partial charge in [0, 0.05) is 0 Å². The number of hydrogen-bond donors (Lipinski definition) is 1. The summed E-state index contributed by atoms with van der Waals surface area (Å²) in [6, 6.07) is 13.2. The lowest BCUT2D eigenvalue weighted by atomic mass is 10.0. The molecule has 2 rings (SSSR count). The summed E-state index contributed by atoms with van der Waals surface area (Å²) in [5.41, 5.74) is 3.96. The fourth-order valence-corrected chi connectivity index (χ4v) is 3.93. The van der Waals surface area contributed by atoms with Gasteiger partial charge in [-0.3, -0.25) is 4.72 Å². The number of sulfonamides is 1. The molecule has 0 amide bonds. The molecule has 0 unspecified atom stereocenters. The second kappa shape index (κ2) is 8.34. The molecule has 0 saturated carbocycles. The highest BCUT2D eigenvalue weighted by molar-refractivity contribution is 7.92. The van der Waals surface area contributed by atoms with Gasteiger partial charge in [0.25, 0.3) is 10.0 Å². The third-order valence-corrected chi connectivity index (χ3v) is 5.65. The summed E-state index contributed by atoms with van der Waals surface area (Å²) in [5.74, 6) is 0. The molecule has 1 N–H and O–H groups in total. The molecule has 24 heavy (non-hydrogen) atoms. The van der Waals surface area contributed by atoms with Crippen LogP contribution in [-0.2, 0) is 29.3 Å². The number of rotatable bonds is 8. The van der Waals surface area contributed by atoms with Crippen LogP contribution >= 0.6 is 0 Å². The Bertz CT molecular complexity index is 742. The molecule has 0 saturated heterocycles. The van der Waals surface area contributed by atoms with Crippen molar-refractivity contribution < 1.29 is 8.42 Å². The maximum Gasteiger partial charge on any atom is 0.261 e. The van der Waals surface area contributed by atoms with E-state index in [2.05, 4.69) is 11.6 Å². The summed E-state index contributed by atoms with van der Waals surface area (Å²) in [5, 5.41) is 0. The van der Waals surface area contributed by atoms with Crippen LogP contribution < -0.4 is 4.72 Å². The van der Waals surface area contributed by atoms with Crippen molar-refractivity contribution in [3.8, 4) is 0 Å². The van der Waals surface area contributed by atoms with Gasteiger partial charge in [-0.25, -0.2) is 8.42 Å². The fraction of sp³-hybridized carbons (Fsp3) is 0.400. The molecular weight excluding hydrogens is 318 g/mol. The molecule has 2 aromatic rings. The standard InChI is InChI=1S/C20H27NO2S/c1-4-7-9-16-12-14-19(15-13-16)24(22,23)21-20-17(5-2)10-8-11-18(20)6-3/h8,10-15,21H,4-7,9H2,1-3H3. The highest BCUT2D eigenvalue weighted by atomic mass is 32.2. The van der Waals surface area contributed by atoms with E-state index in [4.69, 9.17) is 0 Å². The number of nitrogens with one attached hydrogen (secondary N) is 1. The minimum Gasteiger partial charge on any atom is -0.279 e. The smallest absolute Gasteiger partial charge is 0.261 e. The number of aryl methyl sites for hydroxylation is 3. The molecule has 0 radical (unpaired) electrons. The lowest BCUT2D eigenvalue weighted by Crippen LogP contribution is -2.15. The summed E-state index contributed by atoms with van der Waals surface area (Å²) < 4.78 is 28.3. The van der Waals surface area contributed by atoms with E-state index in [1.54, 1.807) is 12.1 Å². The SMILES string of the molecule is CCCCc1ccc(S(=O)(=O)Nc2c(CC)cccc2CC)cc1. The summed E-state index contributed by atoms with van der Waals surface area (Å²) >= 11 is 0. The van der Waals surface area contributed by atoms with E-state index in [0.29, 0.717) is 4.90 Å². The van der Waals surface area contributed by atoms with E-state index in [9.17, 15) is 8.42 Å². The van der Waals surface area contributed by atoms with Gasteiger partial charge < -0.3 is 0 Å². The van der Waals surface area contributed by atoms with Crippen LogP contribution in [-0.4, -0.2) is 8.42 Å². The maximum atomic E-state index is 12.8. The first-order valence-electron chi connectivity index (χ1n) is 8.74. The van der Waals surface area contributed by atoms with Gasteiger partial charge >= 0.3 is 0 Å². The first-order valence-corrected chi connectivity index (χ1v) is 10.2. The van der Waals surface area contributed by atoms with Crippen molar-refractivity contribution in [2.45, 2.75) is 57.8 Å². The van der Waals surface area contributed by atoms with E-state index in [-0.39, 0.29) is 0 Å². The van der Waals surface area contributed by atoms with Gasteiger partial charge in [-0.05, 0) is 54.5 Å². The number of benzene rings is 2. The maximum absolute atomic E-state index is 12.8. The third kappa shape index (κ3) is 4.38. The fourth-order valence-electron chi connectivity index (χ4n) is 2.78. The third-order valence-electron chi connectivity index (χ3n) is 4.29. The highest BCUT2D eigenvalue weighted by Crippen LogP contribution is 2.26. The Labute approximate surface area is 146 Å². The summed E-state index contributed by atoms with van der Waals surface area (Å²) in [6.07, 6.45) is 4.83. The van der Waals surface area contributed by atoms with Crippen LogP contribution in [0.3, 0.4) is 0 Å². The minimum absolute atomic E-state index is 0.315. The Morgan fingerprint density at radius 2 is 1.46 bits per heavy atom. The van der Waals surface area contributed by atoms with Crippen molar-refractivity contribution in [2.24, 2.45) is 0 Å². The molecular formula is C20H27NO2S. The number of anilines is 1. The van der Waals surface area contributed by atoms with Crippen LogP contribution in [0.4, 0.5) is 5.69 Å². The van der Waals surface area contributed by atoms with Gasteiger partial charge in [0.2, 0.25) is 0 Å². The van der Waals surface area contributed by atoms with Gasteiger partial charge in [-0.15, -0.1) is 0 Å². The lowest BCUT2D eigenvalue weighted by molar-refractivity contribution is 0.601. The second-order valence-corrected chi connectivity index (χ2v) is 7.69. The Kier molecular flexibility index (Phi) is 6.44. The monoisotopic (exact) mass is 345 g/mol. The molecule has 0 heterocycles. The molecule has 0 bridgehead atoms. The lowest BCUT2D eigenvalue weighted by Gasteiger charge is -2.16. The Morgan fingerprint density at radius 3 is 1.96 bits per heavy atom. The van der Waals surface area contributed by atoms with Crippen LogP contribution in [0, 0.1) is 0 Å². The zero-order valence-electron chi connectivity index (χ0n) is 14.8. The van der Waals surface area contributed by atoms with Crippen LogP contribution in [0.15, 0.2) is 47.4 Å². The van der Waals surface area contributed by atoms with Gasteiger partial charge in [0.15, 0.2) is 0 Å². The molecule has 0 aliphatic carbocycles. The Hall–Kier alpha value is -1.81. The largest absolute Gasteiger partial charge is 0.279 e. The predicted molar refractivity (Wildman–Crippen MR) is 101 cm³/mol. The quantitative estimate of drug-likeness (QED) is 0.735. The number of para-hydroxylation sites is 1. The zero-order valence-corrected chi connectivity index (χ0v) is 15.6. The van der Waals surface area contributed by atoms with E-state index in [0.717, 1.165) is 48.9 Å². The van der Waals surface area contributed by atoms with E-state index >= 15 is 0 Å². The molecule has 2 aromatic carbocycles. The van der Waals surface area contributed by atoms with Crippen LogP contribution in [0.25, 0.3) is 0 Å². The molecule has 0 aliphatic rings. The summed E-state index contributed by atoms with van der Waals surface area (Å²) in [6.45, 7) is 6.23. The topological polar surface area (TPSA) is 46.2 Å². The van der Waals surface area contributed by atoms with Crippen molar-refractivity contribution in [1.29, 1.82) is 0 Å². The Morgan fingerprint density at radius 1 is 0.875 bits per heavy atom. The first kappa shape index (κ1) is 18.5. The minimum atomic E-state index is -3.57. The van der Waals surface area contributed by atoms with Crippen LogP contribution in [0.1, 0.15) is 50.3 Å². The van der Waals surface area contributed by atoms with Crippen LogP contribution in [0.5, 0.6) is 0 Å². The predicted octanol–water partition coefficient (Wildman–Crippen LogP) is 4.95. The normalized spacial score (nSPS) is 11.5. The average molecular weight is 346 g/mol. The Balaban J connectivity index is 2.29. The molecule has 0 aromatic heterocycles. The van der Waals surface area contributed by atoms with Gasteiger partial charge in [-0.1, -0.05) is 57.5 Å². The number of unbranched alkanes of at least 4 members (excludes halogenated alkanes) is 1. The first-order chi connectivity index (χ1) is 11.5. The second-order valence-electron chi connectivity index (χ2n) is 6.01. The van der Waals surface area contributed by atoms with Crippen LogP contribution in [0.2, 0.25) is 0 Å². The molecule has 0 spiro atoms. The van der Waals surface area contributed by atoms with E-state index < -0.39 is 10.0 Å². The number of hydrogen-bond acceptors (Lipinski definition) is 2. The summed E-state index contributed by atoms with van der Waals surface area (Å²) in [4.78, 5) is 0.315. The molecule has 0 atom stereocenters. The van der Waals surface area contributed by atoms with Gasteiger partial charge in [-0.2, -0.15) is 0 Å². The molecule has 4 heteroatoms. The highest BCUT2D eigenvalue weighted by Gasteiger charge is 2.17. The van der Waals surface area contributed by atoms with Crippen molar-refractivity contribution >= 4 is 15.7 Å².